The molecule has 202 valence electrons. The summed E-state index contributed by atoms with van der Waals surface area (Å²) in [5, 5.41) is 15.5. The monoisotopic (exact) mass is 542 g/mol. The van der Waals surface area contributed by atoms with Crippen LogP contribution < -0.4 is 0 Å². The Balaban J connectivity index is 0.000000599. The molecule has 2 aromatic rings. The number of halogens is 1. The predicted octanol–water partition coefficient (Wildman–Crippen LogP) is 2.60. The molecule has 3 heterocycles. The van der Waals surface area contributed by atoms with E-state index in [-0.39, 0.29) is 11.8 Å². The van der Waals surface area contributed by atoms with Crippen LogP contribution in [0, 0.1) is 5.92 Å². The van der Waals surface area contributed by atoms with Gasteiger partial charge in [0.2, 0.25) is 5.91 Å². The second-order valence-electron chi connectivity index (χ2n) is 9.05. The number of amides is 2. The average Bonchev–Trinajstić information content (AvgIpc) is 2.94. The largest absolute Gasteiger partial charge is 0.473 e. The van der Waals surface area contributed by atoms with Crippen molar-refractivity contribution in [2.75, 3.05) is 45.8 Å². The Morgan fingerprint density at radius 1 is 0.895 bits per heavy atom. The summed E-state index contributed by atoms with van der Waals surface area (Å²) in [6.07, 6.45) is 9.65. The number of carbonyl (C=O) groups is 4. The highest BCUT2D eigenvalue weighted by Crippen LogP contribution is 2.21. The minimum absolute atomic E-state index is 0.0119. The third kappa shape index (κ3) is 8.97. The van der Waals surface area contributed by atoms with Gasteiger partial charge in [-0.25, -0.2) is 9.59 Å². The normalized spacial score (nSPS) is 16.6. The van der Waals surface area contributed by atoms with Crippen molar-refractivity contribution in [1.29, 1.82) is 0 Å². The first-order valence-electron chi connectivity index (χ1n) is 12.3. The number of nitrogens with zero attached hydrogens (tertiary/aromatic N) is 4. The number of carbonyl (C=O) groups excluding carboxylic acids is 2. The summed E-state index contributed by atoms with van der Waals surface area (Å²) in [6.45, 7) is 4.75. The van der Waals surface area contributed by atoms with Crippen LogP contribution in [0.15, 0.2) is 54.9 Å². The fourth-order valence-corrected chi connectivity index (χ4v) is 4.36. The van der Waals surface area contributed by atoms with Crippen LogP contribution in [0.4, 0.5) is 0 Å². The van der Waals surface area contributed by atoms with Gasteiger partial charge in [-0.05, 0) is 48.6 Å². The van der Waals surface area contributed by atoms with E-state index in [0.717, 1.165) is 49.6 Å². The molecule has 0 saturated carbocycles. The van der Waals surface area contributed by atoms with Crippen molar-refractivity contribution in [2.24, 2.45) is 5.92 Å². The van der Waals surface area contributed by atoms with E-state index in [4.69, 9.17) is 31.4 Å². The van der Waals surface area contributed by atoms with Crippen LogP contribution in [-0.2, 0) is 14.4 Å². The number of likely N-dealkylation sites (tertiary alicyclic amines) is 1. The van der Waals surface area contributed by atoms with E-state index in [2.05, 4.69) is 22.0 Å². The third-order valence-corrected chi connectivity index (χ3v) is 6.68. The van der Waals surface area contributed by atoms with E-state index in [1.807, 2.05) is 34.1 Å². The Hall–Kier alpha value is -3.76. The lowest BCUT2D eigenvalue weighted by atomic mass is 9.95. The first kappa shape index (κ1) is 28.8. The standard InChI is InChI=1S/C25H29ClN4O2.C2H2O4/c26-23-7-5-20(6-8-23)3-4-21-9-12-29(13-10-21)24(31)19-28-14-16-30(17-15-28)25(32)22-2-1-11-27-18-22;3-1(4)2(5)6/h1-8,11,18,21H,9-10,12-17,19H2;(H,3,4)(H,5,6)/b4-3+;. The first-order chi connectivity index (χ1) is 18.2. The number of carboxylic acid groups (broad SMARTS) is 2. The molecule has 2 saturated heterocycles. The smallest absolute Gasteiger partial charge is 0.414 e. The Bertz CT molecular complexity index is 1110. The van der Waals surface area contributed by atoms with Crippen LogP contribution in [0.3, 0.4) is 0 Å². The number of piperazine rings is 1. The second kappa shape index (κ2) is 14.3. The summed E-state index contributed by atoms with van der Waals surface area (Å²) in [5.74, 6) is -2.95. The van der Waals surface area contributed by atoms with Crippen molar-refractivity contribution < 1.29 is 29.4 Å². The van der Waals surface area contributed by atoms with E-state index in [1.165, 1.54) is 0 Å². The maximum absolute atomic E-state index is 12.8. The summed E-state index contributed by atoms with van der Waals surface area (Å²) < 4.78 is 0. The molecular formula is C27H31ClN4O6. The molecule has 0 unspecified atom stereocenters. The van der Waals surface area contributed by atoms with Gasteiger partial charge in [0.25, 0.3) is 5.91 Å². The van der Waals surface area contributed by atoms with E-state index in [1.54, 1.807) is 24.5 Å². The Kier molecular flexibility index (Phi) is 10.8. The summed E-state index contributed by atoms with van der Waals surface area (Å²) in [7, 11) is 0. The number of benzene rings is 1. The molecule has 0 radical (unpaired) electrons. The SMILES string of the molecule is O=C(CN1CCN(C(=O)c2cccnc2)CC1)N1CCC(/C=C/c2ccc(Cl)cc2)CC1.O=C(O)C(=O)O. The van der Waals surface area contributed by atoms with Crippen molar-refractivity contribution in [2.45, 2.75) is 12.8 Å². The quantitative estimate of drug-likeness (QED) is 0.551. The van der Waals surface area contributed by atoms with Crippen molar-refractivity contribution in [1.82, 2.24) is 19.7 Å². The molecular weight excluding hydrogens is 512 g/mol. The highest BCUT2D eigenvalue weighted by atomic mass is 35.5. The van der Waals surface area contributed by atoms with Gasteiger partial charge in [-0.1, -0.05) is 35.9 Å². The number of carboxylic acids is 2. The van der Waals surface area contributed by atoms with E-state index < -0.39 is 11.9 Å². The minimum Gasteiger partial charge on any atom is -0.473 e. The van der Waals surface area contributed by atoms with Crippen molar-refractivity contribution in [3.05, 3.63) is 71.0 Å². The number of rotatable bonds is 5. The van der Waals surface area contributed by atoms with Gasteiger partial charge in [-0.2, -0.15) is 0 Å². The van der Waals surface area contributed by atoms with Crippen molar-refractivity contribution in [3.8, 4) is 0 Å². The molecule has 4 rings (SSSR count). The fourth-order valence-electron chi connectivity index (χ4n) is 4.23. The van der Waals surface area contributed by atoms with E-state index >= 15 is 0 Å². The summed E-state index contributed by atoms with van der Waals surface area (Å²) in [5.41, 5.74) is 1.76. The molecule has 1 aromatic carbocycles. The van der Waals surface area contributed by atoms with Crippen LogP contribution in [0.1, 0.15) is 28.8 Å². The molecule has 2 N–H and O–H groups in total. The number of aromatic nitrogens is 1. The lowest BCUT2D eigenvalue weighted by Gasteiger charge is -2.36. The summed E-state index contributed by atoms with van der Waals surface area (Å²) in [4.78, 5) is 53.5. The van der Waals surface area contributed by atoms with E-state index in [0.29, 0.717) is 31.1 Å². The first-order valence-corrected chi connectivity index (χ1v) is 12.7. The molecule has 11 heteroatoms. The van der Waals surface area contributed by atoms with Crippen molar-refractivity contribution >= 4 is 41.4 Å². The molecule has 2 aliphatic heterocycles. The summed E-state index contributed by atoms with van der Waals surface area (Å²) in [6, 6.07) is 11.4. The number of piperidine rings is 1. The lowest BCUT2D eigenvalue weighted by molar-refractivity contribution is -0.159. The number of pyridine rings is 1. The second-order valence-corrected chi connectivity index (χ2v) is 9.49. The van der Waals surface area contributed by atoms with Crippen LogP contribution >= 0.6 is 11.6 Å². The Morgan fingerprint density at radius 3 is 2.08 bits per heavy atom. The molecule has 0 bridgehead atoms. The summed E-state index contributed by atoms with van der Waals surface area (Å²) >= 11 is 5.94. The number of aliphatic carboxylic acids is 2. The van der Waals surface area contributed by atoms with Gasteiger partial charge in [0.15, 0.2) is 0 Å². The predicted molar refractivity (Wildman–Crippen MR) is 142 cm³/mol. The van der Waals surface area contributed by atoms with Gasteiger partial charge in [-0.3, -0.25) is 19.5 Å². The van der Waals surface area contributed by atoms with Crippen LogP contribution in [0.5, 0.6) is 0 Å². The Morgan fingerprint density at radius 2 is 1.53 bits per heavy atom. The highest BCUT2D eigenvalue weighted by molar-refractivity contribution is 6.30. The van der Waals surface area contributed by atoms with Gasteiger partial charge >= 0.3 is 11.9 Å². The molecule has 10 nitrogen and oxygen atoms in total. The molecule has 38 heavy (non-hydrogen) atoms. The lowest BCUT2D eigenvalue weighted by Crippen LogP contribution is -2.52. The molecule has 2 amide bonds. The number of hydrogen-bond acceptors (Lipinski definition) is 6. The van der Waals surface area contributed by atoms with Crippen LogP contribution in [0.25, 0.3) is 6.08 Å². The maximum Gasteiger partial charge on any atom is 0.414 e. The van der Waals surface area contributed by atoms with Gasteiger partial charge < -0.3 is 20.0 Å². The fraction of sp³-hybridized carbons (Fsp3) is 0.370. The molecule has 2 fully saturated rings. The molecule has 0 aliphatic carbocycles. The number of allylic oxidation sites excluding steroid dienone is 1. The molecule has 0 spiro atoms. The number of hydrogen-bond donors (Lipinski definition) is 2. The zero-order chi connectivity index (χ0) is 27.5. The zero-order valence-electron chi connectivity index (χ0n) is 20.9. The van der Waals surface area contributed by atoms with E-state index in [9.17, 15) is 9.59 Å². The molecule has 2 aliphatic rings. The molecule has 0 atom stereocenters. The van der Waals surface area contributed by atoms with Crippen molar-refractivity contribution in [3.63, 3.8) is 0 Å². The van der Waals surface area contributed by atoms with Gasteiger partial charge in [0, 0.05) is 56.7 Å². The van der Waals surface area contributed by atoms with Gasteiger partial charge in [-0.15, -0.1) is 0 Å². The minimum atomic E-state index is -1.82. The highest BCUT2D eigenvalue weighted by Gasteiger charge is 2.26. The molecule has 1 aromatic heterocycles. The van der Waals surface area contributed by atoms with Crippen LogP contribution in [0.2, 0.25) is 5.02 Å². The Labute approximate surface area is 226 Å². The maximum atomic E-state index is 12.8. The van der Waals surface area contributed by atoms with Crippen LogP contribution in [-0.4, -0.2) is 99.5 Å². The third-order valence-electron chi connectivity index (χ3n) is 6.43. The average molecular weight is 543 g/mol. The zero-order valence-corrected chi connectivity index (χ0v) is 21.7. The van der Waals surface area contributed by atoms with Gasteiger partial charge in [0.05, 0.1) is 12.1 Å². The topological polar surface area (TPSA) is 131 Å². The van der Waals surface area contributed by atoms with Gasteiger partial charge in [0.1, 0.15) is 0 Å².